The molecule has 0 aliphatic rings. The molecule has 2 unspecified atom stereocenters. The van der Waals surface area contributed by atoms with Crippen LogP contribution in [0.25, 0.3) is 0 Å². The van der Waals surface area contributed by atoms with Crippen LogP contribution in [-0.4, -0.2) is 11.7 Å². The van der Waals surface area contributed by atoms with Crippen LogP contribution in [-0.2, 0) is 0 Å². The van der Waals surface area contributed by atoms with Crippen molar-refractivity contribution in [2.45, 2.75) is 25.9 Å². The Morgan fingerprint density at radius 2 is 1.85 bits per heavy atom. The molecule has 2 aromatic rings. The Hall–Kier alpha value is -1.35. The lowest BCUT2D eigenvalue weighted by Crippen LogP contribution is -2.20. The molecule has 20 heavy (non-hydrogen) atoms. The van der Waals surface area contributed by atoms with E-state index in [0.29, 0.717) is 11.6 Å². The van der Waals surface area contributed by atoms with Gasteiger partial charge in [-0.1, -0.05) is 53.6 Å². The number of nitrogens with two attached hydrogens (primary N) is 1. The first-order chi connectivity index (χ1) is 9.52. The number of benzene rings is 2. The van der Waals surface area contributed by atoms with Gasteiger partial charge >= 0.3 is 0 Å². The van der Waals surface area contributed by atoms with Gasteiger partial charge in [0.05, 0.1) is 6.10 Å². The Morgan fingerprint density at radius 1 is 1.10 bits per heavy atom. The average Bonchev–Trinajstić information content (AvgIpc) is 2.42. The largest absolute Gasteiger partial charge is 0.388 e. The molecule has 0 fully saturated rings. The zero-order chi connectivity index (χ0) is 14.7. The van der Waals surface area contributed by atoms with Gasteiger partial charge in [-0.3, -0.25) is 0 Å². The quantitative estimate of drug-likeness (QED) is 0.901. The molecule has 0 spiro atoms. The Morgan fingerprint density at radius 3 is 2.45 bits per heavy atom. The maximum atomic E-state index is 10.6. The van der Waals surface area contributed by atoms with Crippen molar-refractivity contribution in [2.24, 2.45) is 5.73 Å². The summed E-state index contributed by atoms with van der Waals surface area (Å²) in [6, 6.07) is 13.7. The van der Waals surface area contributed by atoms with E-state index >= 15 is 0 Å². The lowest BCUT2D eigenvalue weighted by molar-refractivity contribution is 0.147. The molecule has 0 aliphatic heterocycles. The fourth-order valence-electron chi connectivity index (χ4n) is 2.43. The van der Waals surface area contributed by atoms with E-state index in [0.717, 1.165) is 16.7 Å². The van der Waals surface area contributed by atoms with Crippen LogP contribution in [0.3, 0.4) is 0 Å². The minimum atomic E-state index is -0.627. The molecular weight excluding hydrogens is 270 g/mol. The maximum absolute atomic E-state index is 10.6. The normalized spacial score (nSPS) is 14.1. The predicted molar refractivity (Wildman–Crippen MR) is 84.1 cm³/mol. The zero-order valence-corrected chi connectivity index (χ0v) is 12.6. The van der Waals surface area contributed by atoms with Crippen LogP contribution < -0.4 is 5.73 Å². The summed E-state index contributed by atoms with van der Waals surface area (Å²) in [6.45, 7) is 4.37. The third-order valence-electron chi connectivity index (χ3n) is 3.63. The highest BCUT2D eigenvalue weighted by molar-refractivity contribution is 6.31. The number of hydrogen-bond acceptors (Lipinski definition) is 2. The van der Waals surface area contributed by atoms with Gasteiger partial charge in [0.25, 0.3) is 0 Å². The van der Waals surface area contributed by atoms with E-state index in [1.807, 2.05) is 50.2 Å². The van der Waals surface area contributed by atoms with E-state index in [1.54, 1.807) is 0 Å². The van der Waals surface area contributed by atoms with Gasteiger partial charge in [-0.25, -0.2) is 0 Å². The van der Waals surface area contributed by atoms with Gasteiger partial charge in [-0.05, 0) is 36.6 Å². The van der Waals surface area contributed by atoms with Crippen molar-refractivity contribution in [3.63, 3.8) is 0 Å². The molecule has 3 N–H and O–H groups in total. The molecule has 0 saturated carbocycles. The van der Waals surface area contributed by atoms with E-state index < -0.39 is 6.10 Å². The topological polar surface area (TPSA) is 46.2 Å². The van der Waals surface area contributed by atoms with Crippen LogP contribution in [0.5, 0.6) is 0 Å². The third kappa shape index (κ3) is 3.21. The fourth-order valence-corrected chi connectivity index (χ4v) is 2.55. The van der Waals surface area contributed by atoms with Gasteiger partial charge in [-0.2, -0.15) is 0 Å². The molecule has 3 heteroatoms. The van der Waals surface area contributed by atoms with Crippen LogP contribution in [0.15, 0.2) is 42.5 Å². The average molecular weight is 290 g/mol. The highest BCUT2D eigenvalue weighted by atomic mass is 35.5. The number of aryl methyl sites for hydroxylation is 2. The lowest BCUT2D eigenvalue weighted by Gasteiger charge is -2.23. The Balaban J connectivity index is 2.33. The van der Waals surface area contributed by atoms with Crippen molar-refractivity contribution in [3.05, 3.63) is 69.7 Å². The molecule has 2 atom stereocenters. The van der Waals surface area contributed by atoms with Crippen LogP contribution in [0, 0.1) is 13.8 Å². The smallest absolute Gasteiger partial charge is 0.0870 e. The predicted octanol–water partition coefficient (Wildman–Crippen LogP) is 3.73. The number of hydrogen-bond donors (Lipinski definition) is 2. The first-order valence-electron chi connectivity index (χ1n) is 6.73. The minimum Gasteiger partial charge on any atom is -0.388 e. The molecule has 0 amide bonds. The Kier molecular flexibility index (Phi) is 4.81. The van der Waals surface area contributed by atoms with Crippen LogP contribution in [0.2, 0.25) is 5.02 Å². The van der Waals surface area contributed by atoms with Crippen molar-refractivity contribution in [1.29, 1.82) is 0 Å². The second-order valence-electron chi connectivity index (χ2n) is 5.21. The summed E-state index contributed by atoms with van der Waals surface area (Å²) in [5.74, 6) is -0.115. The van der Waals surface area contributed by atoms with Gasteiger partial charge in [0.1, 0.15) is 0 Å². The molecule has 2 rings (SSSR count). The summed E-state index contributed by atoms with van der Waals surface area (Å²) in [7, 11) is 0. The van der Waals surface area contributed by atoms with E-state index in [2.05, 4.69) is 6.07 Å². The van der Waals surface area contributed by atoms with Crippen molar-refractivity contribution >= 4 is 11.6 Å². The molecule has 2 aromatic carbocycles. The van der Waals surface area contributed by atoms with E-state index in [4.69, 9.17) is 17.3 Å². The van der Waals surface area contributed by atoms with Gasteiger partial charge in [0, 0.05) is 17.5 Å². The summed E-state index contributed by atoms with van der Waals surface area (Å²) >= 11 is 6.03. The number of aliphatic hydroxyl groups excluding tert-OH is 1. The fraction of sp³-hybridized carbons (Fsp3) is 0.294. The van der Waals surface area contributed by atoms with Crippen molar-refractivity contribution < 1.29 is 5.11 Å². The van der Waals surface area contributed by atoms with Crippen LogP contribution >= 0.6 is 11.6 Å². The van der Waals surface area contributed by atoms with Crippen LogP contribution in [0.1, 0.15) is 34.3 Å². The van der Waals surface area contributed by atoms with E-state index in [9.17, 15) is 5.11 Å². The molecule has 0 radical (unpaired) electrons. The highest BCUT2D eigenvalue weighted by Gasteiger charge is 2.22. The van der Waals surface area contributed by atoms with Gasteiger partial charge in [-0.15, -0.1) is 0 Å². The van der Waals surface area contributed by atoms with Crippen molar-refractivity contribution in [1.82, 2.24) is 0 Å². The molecule has 0 aliphatic carbocycles. The van der Waals surface area contributed by atoms with E-state index in [1.165, 1.54) is 5.56 Å². The lowest BCUT2D eigenvalue weighted by atomic mass is 9.88. The zero-order valence-electron chi connectivity index (χ0n) is 11.8. The molecule has 0 heterocycles. The second-order valence-corrected chi connectivity index (χ2v) is 5.62. The van der Waals surface area contributed by atoms with Crippen LogP contribution in [0.4, 0.5) is 0 Å². The summed E-state index contributed by atoms with van der Waals surface area (Å²) < 4.78 is 0. The summed E-state index contributed by atoms with van der Waals surface area (Å²) in [5.41, 5.74) is 9.92. The van der Waals surface area contributed by atoms with Gasteiger partial charge in [0.15, 0.2) is 0 Å². The first kappa shape index (κ1) is 15.0. The third-order valence-corrected chi connectivity index (χ3v) is 4.05. The maximum Gasteiger partial charge on any atom is 0.0870 e. The van der Waals surface area contributed by atoms with Gasteiger partial charge < -0.3 is 10.8 Å². The Bertz CT molecular complexity index is 597. The number of halogens is 1. The molecule has 0 bridgehead atoms. The standard InChI is InChI=1S/C17H20ClNO/c1-11-4-3-5-13(8-11)15(10-19)17(20)14-6-7-16(18)12(2)9-14/h3-9,15,17,20H,10,19H2,1-2H3. The Labute approximate surface area is 125 Å². The summed E-state index contributed by atoms with van der Waals surface area (Å²) in [4.78, 5) is 0. The molecule has 0 saturated heterocycles. The number of aliphatic hydroxyl groups is 1. The second kappa shape index (κ2) is 6.40. The van der Waals surface area contributed by atoms with Crippen molar-refractivity contribution in [2.75, 3.05) is 6.54 Å². The molecule has 2 nitrogen and oxygen atoms in total. The highest BCUT2D eigenvalue weighted by Crippen LogP contribution is 2.32. The summed E-state index contributed by atoms with van der Waals surface area (Å²) in [5, 5.41) is 11.3. The minimum absolute atomic E-state index is 0.115. The number of rotatable bonds is 4. The molecular formula is C17H20ClNO. The van der Waals surface area contributed by atoms with E-state index in [-0.39, 0.29) is 5.92 Å². The first-order valence-corrected chi connectivity index (χ1v) is 7.11. The van der Waals surface area contributed by atoms with Crippen molar-refractivity contribution in [3.8, 4) is 0 Å². The SMILES string of the molecule is Cc1cccc(C(CN)C(O)c2ccc(Cl)c(C)c2)c1. The molecule has 0 aromatic heterocycles. The monoisotopic (exact) mass is 289 g/mol. The molecule has 106 valence electrons. The van der Waals surface area contributed by atoms with Gasteiger partial charge in [0.2, 0.25) is 0 Å². The summed E-state index contributed by atoms with van der Waals surface area (Å²) in [6.07, 6.45) is -0.627.